The number of ketones is 1. The third kappa shape index (κ3) is 3.23. The van der Waals surface area contributed by atoms with Crippen LogP contribution in [0.2, 0.25) is 0 Å². The second-order valence-corrected chi connectivity index (χ2v) is 3.41. The molecule has 0 amide bonds. The molecule has 0 fully saturated rings. The first-order chi connectivity index (χ1) is 7.04. The van der Waals surface area contributed by atoms with Crippen LogP contribution in [0.4, 0.5) is 13.2 Å². The molecule has 0 N–H and O–H groups in total. The maximum atomic E-state index is 12.7. The van der Waals surface area contributed by atoms with Crippen LogP contribution in [0.1, 0.15) is 12.0 Å². The van der Waals surface area contributed by atoms with Gasteiger partial charge >= 0.3 is 0 Å². The lowest BCUT2D eigenvalue weighted by Crippen LogP contribution is -2.05. The summed E-state index contributed by atoms with van der Waals surface area (Å²) in [6, 6.07) is 1.62. The fraction of sp³-hybridized carbons (Fsp3) is 0.300. The van der Waals surface area contributed by atoms with Gasteiger partial charge < -0.3 is 0 Å². The van der Waals surface area contributed by atoms with Crippen molar-refractivity contribution in [3.8, 4) is 0 Å². The maximum absolute atomic E-state index is 12.7. The molecule has 5 heteroatoms. The first-order valence-corrected chi connectivity index (χ1v) is 4.79. The Morgan fingerprint density at radius 2 is 1.73 bits per heavy atom. The summed E-state index contributed by atoms with van der Waals surface area (Å²) in [5.74, 6) is -4.18. The monoisotopic (exact) mass is 236 g/mol. The van der Waals surface area contributed by atoms with Gasteiger partial charge in [0.1, 0.15) is 5.78 Å². The molecule has 1 aromatic carbocycles. The van der Waals surface area contributed by atoms with Gasteiger partial charge in [-0.1, -0.05) is 0 Å². The van der Waals surface area contributed by atoms with Gasteiger partial charge in [0.2, 0.25) is 0 Å². The van der Waals surface area contributed by atoms with Crippen LogP contribution in [-0.2, 0) is 11.2 Å². The summed E-state index contributed by atoms with van der Waals surface area (Å²) < 4.78 is 38.0. The molecule has 0 aliphatic heterocycles. The number of halogens is 4. The number of hydrogen-bond donors (Lipinski definition) is 0. The smallest absolute Gasteiger partial charge is 0.194 e. The zero-order chi connectivity index (χ0) is 11.4. The highest BCUT2D eigenvalue weighted by Gasteiger charge is 2.12. The number of carbonyl (C=O) groups is 1. The third-order valence-corrected chi connectivity index (χ3v) is 2.01. The predicted molar refractivity (Wildman–Crippen MR) is 50.4 cm³/mol. The Kier molecular flexibility index (Phi) is 4.15. The van der Waals surface area contributed by atoms with Crippen LogP contribution in [-0.4, -0.2) is 11.7 Å². The van der Waals surface area contributed by atoms with Crippen molar-refractivity contribution in [2.24, 2.45) is 0 Å². The highest BCUT2D eigenvalue weighted by molar-refractivity contribution is 6.19. The largest absolute Gasteiger partial charge is 0.299 e. The van der Waals surface area contributed by atoms with E-state index in [-0.39, 0.29) is 30.1 Å². The van der Waals surface area contributed by atoms with Gasteiger partial charge in [-0.3, -0.25) is 4.79 Å². The molecular weight excluding hydrogens is 229 g/mol. The topological polar surface area (TPSA) is 17.1 Å². The second kappa shape index (κ2) is 5.16. The van der Waals surface area contributed by atoms with Gasteiger partial charge in [-0.25, -0.2) is 13.2 Å². The van der Waals surface area contributed by atoms with Crippen LogP contribution >= 0.6 is 11.6 Å². The molecule has 1 rings (SSSR count). The first-order valence-electron chi connectivity index (χ1n) is 4.25. The van der Waals surface area contributed by atoms with Gasteiger partial charge in [-0.05, 0) is 17.7 Å². The average molecular weight is 237 g/mol. The van der Waals surface area contributed by atoms with E-state index in [4.69, 9.17) is 11.6 Å². The SMILES string of the molecule is O=C(CCCl)Cc1cc(F)c(F)c(F)c1. The van der Waals surface area contributed by atoms with Gasteiger partial charge in [-0.15, -0.1) is 11.6 Å². The van der Waals surface area contributed by atoms with Crippen molar-refractivity contribution in [2.75, 3.05) is 5.88 Å². The van der Waals surface area contributed by atoms with Crippen molar-refractivity contribution >= 4 is 17.4 Å². The van der Waals surface area contributed by atoms with E-state index in [0.29, 0.717) is 0 Å². The number of benzene rings is 1. The zero-order valence-corrected chi connectivity index (χ0v) is 8.45. The van der Waals surface area contributed by atoms with E-state index in [1.165, 1.54) is 0 Å². The highest BCUT2D eigenvalue weighted by Crippen LogP contribution is 2.14. The van der Waals surface area contributed by atoms with Crippen molar-refractivity contribution in [3.05, 3.63) is 35.1 Å². The molecule has 0 atom stereocenters. The molecule has 0 aromatic heterocycles. The normalized spacial score (nSPS) is 10.4. The average Bonchev–Trinajstić information content (AvgIpc) is 2.14. The Labute approximate surface area is 89.9 Å². The number of alkyl halides is 1. The van der Waals surface area contributed by atoms with Crippen molar-refractivity contribution in [2.45, 2.75) is 12.8 Å². The molecule has 0 unspecified atom stereocenters. The Morgan fingerprint density at radius 3 is 2.20 bits per heavy atom. The molecule has 0 saturated carbocycles. The summed E-state index contributed by atoms with van der Waals surface area (Å²) in [4.78, 5) is 11.1. The Bertz CT molecular complexity index is 356. The molecule has 0 spiro atoms. The summed E-state index contributed by atoms with van der Waals surface area (Å²) in [5, 5.41) is 0. The number of Topliss-reactive ketones (excluding diaryl/α,β-unsaturated/α-hetero) is 1. The van der Waals surface area contributed by atoms with Crippen LogP contribution in [0.15, 0.2) is 12.1 Å². The minimum Gasteiger partial charge on any atom is -0.299 e. The Balaban J connectivity index is 2.83. The number of carbonyl (C=O) groups excluding carboxylic acids is 1. The molecule has 0 heterocycles. The summed E-state index contributed by atoms with van der Waals surface area (Å²) in [6.07, 6.45) is -0.0109. The van der Waals surface area contributed by atoms with E-state index < -0.39 is 17.5 Å². The second-order valence-electron chi connectivity index (χ2n) is 3.03. The van der Waals surface area contributed by atoms with Crippen molar-refractivity contribution in [1.29, 1.82) is 0 Å². The van der Waals surface area contributed by atoms with E-state index in [1.807, 2.05) is 0 Å². The van der Waals surface area contributed by atoms with Crippen molar-refractivity contribution < 1.29 is 18.0 Å². The lowest BCUT2D eigenvalue weighted by Gasteiger charge is -2.01. The maximum Gasteiger partial charge on any atom is 0.194 e. The molecular formula is C10H8ClF3O. The standard InChI is InChI=1S/C10H8ClF3O/c11-2-1-7(15)3-6-4-8(12)10(14)9(13)5-6/h4-5H,1-3H2. The quantitative estimate of drug-likeness (QED) is 0.580. The fourth-order valence-corrected chi connectivity index (χ4v) is 1.34. The van der Waals surface area contributed by atoms with E-state index in [9.17, 15) is 18.0 Å². The van der Waals surface area contributed by atoms with Crippen LogP contribution in [0, 0.1) is 17.5 Å². The van der Waals surface area contributed by atoms with Gasteiger partial charge in [0.25, 0.3) is 0 Å². The van der Waals surface area contributed by atoms with Gasteiger partial charge in [0.05, 0.1) is 0 Å². The molecule has 82 valence electrons. The molecule has 0 saturated heterocycles. The molecule has 0 radical (unpaired) electrons. The summed E-state index contributed by atoms with van der Waals surface area (Å²) in [5.41, 5.74) is 0.113. The Hall–Kier alpha value is -1.03. The van der Waals surface area contributed by atoms with Crippen molar-refractivity contribution in [1.82, 2.24) is 0 Å². The zero-order valence-electron chi connectivity index (χ0n) is 7.70. The van der Waals surface area contributed by atoms with Gasteiger partial charge in [0.15, 0.2) is 17.5 Å². The van der Waals surface area contributed by atoms with E-state index >= 15 is 0 Å². The minimum absolute atomic E-state index is 0.113. The van der Waals surface area contributed by atoms with Gasteiger partial charge in [-0.2, -0.15) is 0 Å². The molecule has 0 aliphatic rings. The summed E-state index contributed by atoms with van der Waals surface area (Å²) >= 11 is 5.32. The van der Waals surface area contributed by atoms with Crippen LogP contribution in [0.5, 0.6) is 0 Å². The van der Waals surface area contributed by atoms with Crippen LogP contribution in [0.3, 0.4) is 0 Å². The van der Waals surface area contributed by atoms with E-state index in [1.54, 1.807) is 0 Å². The molecule has 0 bridgehead atoms. The highest BCUT2D eigenvalue weighted by atomic mass is 35.5. The number of rotatable bonds is 4. The first kappa shape index (κ1) is 12.0. The summed E-state index contributed by atoms with van der Waals surface area (Å²) in [7, 11) is 0. The fourth-order valence-electron chi connectivity index (χ4n) is 1.13. The molecule has 0 aliphatic carbocycles. The van der Waals surface area contributed by atoms with Crippen molar-refractivity contribution in [3.63, 3.8) is 0 Å². The third-order valence-electron chi connectivity index (χ3n) is 1.82. The lowest BCUT2D eigenvalue weighted by molar-refractivity contribution is -0.118. The van der Waals surface area contributed by atoms with E-state index in [0.717, 1.165) is 12.1 Å². The predicted octanol–water partition coefficient (Wildman–Crippen LogP) is 2.84. The molecule has 1 nitrogen and oxygen atoms in total. The lowest BCUT2D eigenvalue weighted by atomic mass is 10.1. The van der Waals surface area contributed by atoms with Crippen LogP contribution in [0.25, 0.3) is 0 Å². The minimum atomic E-state index is -1.52. The Morgan fingerprint density at radius 1 is 1.20 bits per heavy atom. The summed E-state index contributed by atoms with van der Waals surface area (Å²) in [6.45, 7) is 0. The van der Waals surface area contributed by atoms with E-state index in [2.05, 4.69) is 0 Å². The van der Waals surface area contributed by atoms with Gasteiger partial charge in [0, 0.05) is 18.7 Å². The number of hydrogen-bond acceptors (Lipinski definition) is 1. The molecule has 1 aromatic rings. The molecule has 15 heavy (non-hydrogen) atoms. The van der Waals surface area contributed by atoms with Crippen LogP contribution < -0.4 is 0 Å².